The molecule has 0 spiro atoms. The molecule has 4 nitrogen and oxygen atoms in total. The van der Waals surface area contributed by atoms with Crippen LogP contribution < -0.4 is 15.4 Å². The first-order valence-electron chi connectivity index (χ1n) is 6.33. The first-order chi connectivity index (χ1) is 9.31. The highest BCUT2D eigenvalue weighted by atomic mass is 35.5. The predicted octanol–water partition coefficient (Wildman–Crippen LogP) is 1.98. The van der Waals surface area contributed by atoms with Gasteiger partial charge in [0.1, 0.15) is 5.75 Å². The Balaban J connectivity index is 0.00000200. The summed E-state index contributed by atoms with van der Waals surface area (Å²) in [6, 6.07) is 13.8. The molecular formula is C15H19ClN2O2. The average Bonchev–Trinajstić information content (AvgIpc) is 2.45. The van der Waals surface area contributed by atoms with Crippen LogP contribution in [0, 0.1) is 0 Å². The second-order valence-corrected chi connectivity index (χ2v) is 4.22. The molecule has 0 aromatic heterocycles. The van der Waals surface area contributed by atoms with Crippen molar-refractivity contribution in [1.82, 2.24) is 10.6 Å². The molecule has 0 bridgehead atoms. The van der Waals surface area contributed by atoms with Crippen LogP contribution in [-0.2, 0) is 4.79 Å². The van der Waals surface area contributed by atoms with Crippen molar-refractivity contribution >= 4 is 29.1 Å². The fourth-order valence-corrected chi connectivity index (χ4v) is 1.84. The van der Waals surface area contributed by atoms with Gasteiger partial charge in [-0.25, -0.2) is 0 Å². The minimum Gasteiger partial charge on any atom is -0.483 e. The van der Waals surface area contributed by atoms with Crippen molar-refractivity contribution in [3.8, 4) is 5.75 Å². The SMILES string of the molecule is CNCCNC(=O)COc1cccc2ccccc12.Cl. The Hall–Kier alpha value is -1.78. The van der Waals surface area contributed by atoms with Crippen molar-refractivity contribution < 1.29 is 9.53 Å². The van der Waals surface area contributed by atoms with Gasteiger partial charge in [-0.05, 0) is 18.5 Å². The number of fused-ring (bicyclic) bond motifs is 1. The van der Waals surface area contributed by atoms with Crippen LogP contribution in [-0.4, -0.2) is 32.7 Å². The van der Waals surface area contributed by atoms with E-state index in [1.807, 2.05) is 49.5 Å². The van der Waals surface area contributed by atoms with Gasteiger partial charge in [0, 0.05) is 18.5 Å². The summed E-state index contributed by atoms with van der Waals surface area (Å²) >= 11 is 0. The highest BCUT2D eigenvalue weighted by Crippen LogP contribution is 2.24. The summed E-state index contributed by atoms with van der Waals surface area (Å²) in [6.45, 7) is 1.39. The molecule has 20 heavy (non-hydrogen) atoms. The largest absolute Gasteiger partial charge is 0.483 e. The zero-order valence-electron chi connectivity index (χ0n) is 11.4. The zero-order valence-corrected chi connectivity index (χ0v) is 12.2. The lowest BCUT2D eigenvalue weighted by molar-refractivity contribution is -0.123. The molecule has 2 rings (SSSR count). The number of carbonyl (C=O) groups is 1. The number of nitrogens with one attached hydrogen (secondary N) is 2. The Labute approximate surface area is 124 Å². The van der Waals surface area contributed by atoms with Gasteiger partial charge in [-0.3, -0.25) is 4.79 Å². The third-order valence-electron chi connectivity index (χ3n) is 2.81. The summed E-state index contributed by atoms with van der Waals surface area (Å²) in [5.74, 6) is 0.630. The molecule has 0 saturated heterocycles. The molecule has 0 fully saturated rings. The van der Waals surface area contributed by atoms with Crippen molar-refractivity contribution in [2.75, 3.05) is 26.7 Å². The predicted molar refractivity (Wildman–Crippen MR) is 83.6 cm³/mol. The Kier molecular flexibility index (Phi) is 6.84. The standard InChI is InChI=1S/C15H18N2O2.ClH/c1-16-9-10-17-15(18)11-19-14-8-4-6-12-5-2-3-7-13(12)14;/h2-8,16H,9-11H2,1H3,(H,17,18);1H. The van der Waals surface area contributed by atoms with Crippen molar-refractivity contribution in [3.05, 3.63) is 42.5 Å². The molecule has 5 heteroatoms. The van der Waals surface area contributed by atoms with Crippen LogP contribution in [0.1, 0.15) is 0 Å². The number of likely N-dealkylation sites (N-methyl/N-ethyl adjacent to an activating group) is 1. The number of carbonyl (C=O) groups excluding carboxylic acids is 1. The highest BCUT2D eigenvalue weighted by molar-refractivity contribution is 5.88. The molecule has 0 radical (unpaired) electrons. The van der Waals surface area contributed by atoms with Gasteiger partial charge < -0.3 is 15.4 Å². The van der Waals surface area contributed by atoms with E-state index in [9.17, 15) is 4.79 Å². The Morgan fingerprint density at radius 3 is 2.65 bits per heavy atom. The Morgan fingerprint density at radius 1 is 1.10 bits per heavy atom. The monoisotopic (exact) mass is 294 g/mol. The molecule has 2 aromatic rings. The molecular weight excluding hydrogens is 276 g/mol. The van der Waals surface area contributed by atoms with E-state index in [0.29, 0.717) is 6.54 Å². The van der Waals surface area contributed by atoms with Gasteiger partial charge in [0.25, 0.3) is 5.91 Å². The smallest absolute Gasteiger partial charge is 0.257 e. The van der Waals surface area contributed by atoms with Gasteiger partial charge in [-0.1, -0.05) is 36.4 Å². The van der Waals surface area contributed by atoms with Gasteiger partial charge in [-0.2, -0.15) is 0 Å². The molecule has 1 amide bonds. The van der Waals surface area contributed by atoms with Crippen LogP contribution in [0.2, 0.25) is 0 Å². The van der Waals surface area contributed by atoms with Crippen molar-refractivity contribution in [2.24, 2.45) is 0 Å². The molecule has 0 aliphatic carbocycles. The second kappa shape index (κ2) is 8.40. The number of rotatable bonds is 6. The summed E-state index contributed by atoms with van der Waals surface area (Å²) < 4.78 is 5.58. The van der Waals surface area contributed by atoms with Crippen molar-refractivity contribution in [1.29, 1.82) is 0 Å². The highest BCUT2D eigenvalue weighted by Gasteiger charge is 2.04. The Bertz CT molecular complexity index is 555. The van der Waals surface area contributed by atoms with Gasteiger partial charge >= 0.3 is 0 Å². The molecule has 0 saturated carbocycles. The summed E-state index contributed by atoms with van der Waals surface area (Å²) in [4.78, 5) is 11.6. The quantitative estimate of drug-likeness (QED) is 0.801. The maximum absolute atomic E-state index is 11.6. The van der Waals surface area contributed by atoms with E-state index in [2.05, 4.69) is 10.6 Å². The number of hydrogen-bond acceptors (Lipinski definition) is 3. The first kappa shape index (κ1) is 16.3. The first-order valence-corrected chi connectivity index (χ1v) is 6.33. The van der Waals surface area contributed by atoms with Crippen LogP contribution in [0.3, 0.4) is 0 Å². The van der Waals surface area contributed by atoms with E-state index in [-0.39, 0.29) is 24.9 Å². The van der Waals surface area contributed by atoms with E-state index in [1.54, 1.807) is 0 Å². The average molecular weight is 295 g/mol. The van der Waals surface area contributed by atoms with Gasteiger partial charge in [0.05, 0.1) is 0 Å². The number of ether oxygens (including phenoxy) is 1. The van der Waals surface area contributed by atoms with Gasteiger partial charge in [-0.15, -0.1) is 12.4 Å². The van der Waals surface area contributed by atoms with E-state index in [4.69, 9.17) is 4.74 Å². The maximum Gasteiger partial charge on any atom is 0.257 e. The maximum atomic E-state index is 11.6. The zero-order chi connectivity index (χ0) is 13.5. The van der Waals surface area contributed by atoms with Crippen LogP contribution in [0.15, 0.2) is 42.5 Å². The molecule has 0 atom stereocenters. The van der Waals surface area contributed by atoms with Crippen LogP contribution in [0.5, 0.6) is 5.75 Å². The van der Waals surface area contributed by atoms with Gasteiger partial charge in [0.15, 0.2) is 6.61 Å². The third kappa shape index (κ3) is 4.40. The van der Waals surface area contributed by atoms with Crippen LogP contribution in [0.25, 0.3) is 10.8 Å². The molecule has 2 N–H and O–H groups in total. The van der Waals surface area contributed by atoms with E-state index < -0.39 is 0 Å². The fraction of sp³-hybridized carbons (Fsp3) is 0.267. The second-order valence-electron chi connectivity index (χ2n) is 4.22. The summed E-state index contributed by atoms with van der Waals surface area (Å²) in [5.41, 5.74) is 0. The number of amides is 1. The summed E-state index contributed by atoms with van der Waals surface area (Å²) in [5, 5.41) is 7.87. The van der Waals surface area contributed by atoms with Crippen LogP contribution >= 0.6 is 12.4 Å². The van der Waals surface area contributed by atoms with E-state index in [0.717, 1.165) is 23.1 Å². The van der Waals surface area contributed by atoms with E-state index >= 15 is 0 Å². The number of benzene rings is 2. The lowest BCUT2D eigenvalue weighted by Crippen LogP contribution is -2.33. The number of hydrogen-bond donors (Lipinski definition) is 2. The van der Waals surface area contributed by atoms with E-state index in [1.165, 1.54) is 0 Å². The number of halogens is 1. The molecule has 0 aliphatic heterocycles. The lowest BCUT2D eigenvalue weighted by Gasteiger charge is -2.09. The minimum absolute atomic E-state index is 0. The normalized spacial score (nSPS) is 9.85. The molecule has 0 aliphatic rings. The lowest BCUT2D eigenvalue weighted by atomic mass is 10.1. The van der Waals surface area contributed by atoms with Crippen molar-refractivity contribution in [2.45, 2.75) is 0 Å². The molecule has 0 heterocycles. The summed E-state index contributed by atoms with van der Waals surface area (Å²) in [7, 11) is 1.85. The third-order valence-corrected chi connectivity index (χ3v) is 2.81. The van der Waals surface area contributed by atoms with Crippen LogP contribution in [0.4, 0.5) is 0 Å². The molecule has 108 valence electrons. The Morgan fingerprint density at radius 2 is 1.85 bits per heavy atom. The van der Waals surface area contributed by atoms with Gasteiger partial charge in [0.2, 0.25) is 0 Å². The fourth-order valence-electron chi connectivity index (χ4n) is 1.84. The minimum atomic E-state index is -0.108. The molecule has 2 aromatic carbocycles. The summed E-state index contributed by atoms with van der Waals surface area (Å²) in [6.07, 6.45) is 0. The molecule has 0 unspecified atom stereocenters. The van der Waals surface area contributed by atoms with Crippen molar-refractivity contribution in [3.63, 3.8) is 0 Å². The topological polar surface area (TPSA) is 50.4 Å².